The summed E-state index contributed by atoms with van der Waals surface area (Å²) in [7, 11) is 0. The zero-order valence-electron chi connectivity index (χ0n) is 11.8. The van der Waals surface area contributed by atoms with E-state index in [4.69, 9.17) is 14.2 Å². The van der Waals surface area contributed by atoms with E-state index in [2.05, 4.69) is 13.8 Å². The molecule has 0 N–H and O–H groups in total. The minimum atomic E-state index is -0.0939. The van der Waals surface area contributed by atoms with Crippen molar-refractivity contribution < 1.29 is 19.0 Å². The summed E-state index contributed by atoms with van der Waals surface area (Å²) in [4.78, 5) is 11.7. The van der Waals surface area contributed by atoms with Crippen molar-refractivity contribution in [2.45, 2.75) is 39.5 Å². The largest absolute Gasteiger partial charge is 0.463 e. The molecule has 0 saturated carbocycles. The van der Waals surface area contributed by atoms with Gasteiger partial charge in [-0.3, -0.25) is 4.79 Å². The fourth-order valence-corrected chi connectivity index (χ4v) is 1.58. The number of hydrogen-bond acceptors (Lipinski definition) is 4. The molecule has 0 saturated heterocycles. The standard InChI is InChI=1S/C14H27O4/c1-4-7-8-13(5-2)14(15)18-12-11-17-10-9-16-6-3/h13H,3-12H2,1-2H3. The maximum absolute atomic E-state index is 11.7. The number of carbonyl (C=O) groups excluding carboxylic acids is 1. The van der Waals surface area contributed by atoms with Crippen molar-refractivity contribution in [2.75, 3.05) is 33.0 Å². The Kier molecular flexibility index (Phi) is 12.4. The smallest absolute Gasteiger partial charge is 0.308 e. The fourth-order valence-electron chi connectivity index (χ4n) is 1.58. The second-order valence-electron chi connectivity index (χ2n) is 4.14. The number of esters is 1. The second-order valence-corrected chi connectivity index (χ2v) is 4.14. The average Bonchev–Trinajstić information content (AvgIpc) is 2.38. The molecule has 0 aromatic carbocycles. The Morgan fingerprint density at radius 3 is 2.39 bits per heavy atom. The molecule has 0 aromatic heterocycles. The van der Waals surface area contributed by atoms with E-state index in [1.807, 2.05) is 6.92 Å². The Bertz CT molecular complexity index is 194. The first kappa shape index (κ1) is 17.4. The minimum Gasteiger partial charge on any atom is -0.463 e. The van der Waals surface area contributed by atoms with Crippen LogP contribution < -0.4 is 0 Å². The van der Waals surface area contributed by atoms with E-state index in [0.717, 1.165) is 25.7 Å². The molecule has 0 spiro atoms. The Morgan fingerprint density at radius 1 is 1.11 bits per heavy atom. The van der Waals surface area contributed by atoms with Gasteiger partial charge in [0.15, 0.2) is 0 Å². The van der Waals surface area contributed by atoms with Gasteiger partial charge in [0.2, 0.25) is 0 Å². The topological polar surface area (TPSA) is 44.8 Å². The molecule has 4 heteroatoms. The van der Waals surface area contributed by atoms with E-state index in [1.165, 1.54) is 0 Å². The van der Waals surface area contributed by atoms with Gasteiger partial charge >= 0.3 is 5.97 Å². The van der Waals surface area contributed by atoms with Crippen molar-refractivity contribution in [2.24, 2.45) is 5.92 Å². The molecule has 0 aromatic rings. The van der Waals surface area contributed by atoms with E-state index in [0.29, 0.717) is 33.0 Å². The number of ether oxygens (including phenoxy) is 3. The molecule has 1 unspecified atom stereocenters. The zero-order chi connectivity index (χ0) is 13.6. The van der Waals surface area contributed by atoms with Crippen LogP contribution in [0, 0.1) is 12.8 Å². The Morgan fingerprint density at radius 2 is 1.78 bits per heavy atom. The van der Waals surface area contributed by atoms with Gasteiger partial charge in [0.1, 0.15) is 6.61 Å². The van der Waals surface area contributed by atoms with Crippen LogP contribution in [0.25, 0.3) is 0 Å². The fraction of sp³-hybridized carbons (Fsp3) is 0.857. The quantitative estimate of drug-likeness (QED) is 0.399. The van der Waals surface area contributed by atoms with Crippen LogP contribution in [0.2, 0.25) is 0 Å². The van der Waals surface area contributed by atoms with Crippen LogP contribution in [0.4, 0.5) is 0 Å². The Hall–Kier alpha value is -0.610. The van der Waals surface area contributed by atoms with Gasteiger partial charge in [-0.1, -0.05) is 26.7 Å². The molecule has 0 heterocycles. The van der Waals surface area contributed by atoms with E-state index < -0.39 is 0 Å². The molecule has 1 radical (unpaired) electrons. The van der Waals surface area contributed by atoms with Crippen molar-refractivity contribution in [1.29, 1.82) is 0 Å². The molecule has 18 heavy (non-hydrogen) atoms. The Balaban J connectivity index is 3.49. The lowest BCUT2D eigenvalue weighted by molar-refractivity contribution is -0.150. The summed E-state index contributed by atoms with van der Waals surface area (Å²) in [5, 5.41) is 0. The van der Waals surface area contributed by atoms with Crippen molar-refractivity contribution in [3.8, 4) is 0 Å². The molecule has 4 nitrogen and oxygen atoms in total. The van der Waals surface area contributed by atoms with Gasteiger partial charge < -0.3 is 14.2 Å². The highest BCUT2D eigenvalue weighted by Crippen LogP contribution is 2.14. The Labute approximate surface area is 111 Å². The predicted molar refractivity (Wildman–Crippen MR) is 71.3 cm³/mol. The van der Waals surface area contributed by atoms with Crippen molar-refractivity contribution in [1.82, 2.24) is 0 Å². The molecule has 0 bridgehead atoms. The molecule has 0 aliphatic rings. The summed E-state index contributed by atoms with van der Waals surface area (Å²) in [5.74, 6) is -0.0528. The SMILES string of the molecule is [CH2]COCCOCCOC(=O)C(CC)CCCC. The van der Waals surface area contributed by atoms with Gasteiger partial charge in [-0.15, -0.1) is 0 Å². The van der Waals surface area contributed by atoms with Crippen molar-refractivity contribution in [3.05, 3.63) is 6.92 Å². The number of rotatable bonds is 12. The molecule has 0 aliphatic heterocycles. The van der Waals surface area contributed by atoms with Gasteiger partial charge in [0.25, 0.3) is 0 Å². The number of carbonyl (C=O) groups is 1. The third kappa shape index (κ3) is 9.42. The maximum Gasteiger partial charge on any atom is 0.308 e. The first-order valence-electron chi connectivity index (χ1n) is 6.87. The molecule has 107 valence electrons. The summed E-state index contributed by atoms with van der Waals surface area (Å²) >= 11 is 0. The monoisotopic (exact) mass is 259 g/mol. The van der Waals surface area contributed by atoms with Gasteiger partial charge in [-0.25, -0.2) is 0 Å². The highest BCUT2D eigenvalue weighted by Gasteiger charge is 2.16. The normalized spacial score (nSPS) is 12.4. The van der Waals surface area contributed by atoms with Gasteiger partial charge in [0.05, 0.1) is 25.7 Å². The van der Waals surface area contributed by atoms with Crippen LogP contribution in [0.5, 0.6) is 0 Å². The second kappa shape index (κ2) is 12.8. The summed E-state index contributed by atoms with van der Waals surface area (Å²) in [6, 6.07) is 0. The summed E-state index contributed by atoms with van der Waals surface area (Å²) < 4.78 is 15.4. The lowest BCUT2D eigenvalue weighted by Crippen LogP contribution is -2.20. The molecular weight excluding hydrogens is 232 g/mol. The highest BCUT2D eigenvalue weighted by molar-refractivity contribution is 5.72. The molecule has 1 atom stereocenters. The minimum absolute atomic E-state index is 0.0412. The van der Waals surface area contributed by atoms with Crippen LogP contribution >= 0.6 is 0 Å². The maximum atomic E-state index is 11.7. The molecule has 0 fully saturated rings. The van der Waals surface area contributed by atoms with Crippen LogP contribution in [-0.2, 0) is 19.0 Å². The first-order chi connectivity index (χ1) is 8.76. The third-order valence-electron chi connectivity index (χ3n) is 2.72. The third-order valence-corrected chi connectivity index (χ3v) is 2.72. The molecule has 0 aliphatic carbocycles. The lowest BCUT2D eigenvalue weighted by Gasteiger charge is -2.13. The lowest BCUT2D eigenvalue weighted by atomic mass is 10.00. The van der Waals surface area contributed by atoms with Crippen LogP contribution in [0.15, 0.2) is 0 Å². The molecule has 0 rings (SSSR count). The van der Waals surface area contributed by atoms with E-state index in [9.17, 15) is 4.79 Å². The van der Waals surface area contributed by atoms with Gasteiger partial charge in [-0.05, 0) is 19.8 Å². The van der Waals surface area contributed by atoms with Crippen LogP contribution in [0.1, 0.15) is 39.5 Å². The predicted octanol–water partition coefficient (Wildman–Crippen LogP) is 2.61. The molecule has 0 amide bonds. The van der Waals surface area contributed by atoms with Gasteiger partial charge in [-0.2, -0.15) is 0 Å². The van der Waals surface area contributed by atoms with Crippen molar-refractivity contribution in [3.63, 3.8) is 0 Å². The highest BCUT2D eigenvalue weighted by atomic mass is 16.6. The van der Waals surface area contributed by atoms with Crippen molar-refractivity contribution >= 4 is 5.97 Å². The zero-order valence-corrected chi connectivity index (χ0v) is 11.8. The number of unbranched alkanes of at least 4 members (excludes halogenated alkanes) is 1. The molecular formula is C14H27O4. The summed E-state index contributed by atoms with van der Waals surface area (Å²) in [5.41, 5.74) is 0. The first-order valence-corrected chi connectivity index (χ1v) is 6.87. The average molecular weight is 259 g/mol. The number of hydrogen-bond donors (Lipinski definition) is 0. The van der Waals surface area contributed by atoms with E-state index >= 15 is 0 Å². The van der Waals surface area contributed by atoms with Crippen LogP contribution in [0.3, 0.4) is 0 Å². The van der Waals surface area contributed by atoms with Gasteiger partial charge in [0, 0.05) is 6.61 Å². The summed E-state index contributed by atoms with van der Waals surface area (Å²) in [6.45, 7) is 9.95. The summed E-state index contributed by atoms with van der Waals surface area (Å²) in [6.07, 6.45) is 3.95. The van der Waals surface area contributed by atoms with E-state index in [-0.39, 0.29) is 11.9 Å². The van der Waals surface area contributed by atoms with Crippen LogP contribution in [-0.4, -0.2) is 39.0 Å². The van der Waals surface area contributed by atoms with E-state index in [1.54, 1.807) is 0 Å².